The van der Waals surface area contributed by atoms with Crippen molar-refractivity contribution < 1.29 is 17.9 Å². The lowest BCUT2D eigenvalue weighted by molar-refractivity contribution is -0.174. The lowest BCUT2D eigenvalue weighted by atomic mass is 10.2. The van der Waals surface area contributed by atoms with Crippen LogP contribution in [0.25, 0.3) is 0 Å². The van der Waals surface area contributed by atoms with Gasteiger partial charge in [-0.3, -0.25) is 0 Å². The van der Waals surface area contributed by atoms with Gasteiger partial charge in [0.15, 0.2) is 0 Å². The fourth-order valence-corrected chi connectivity index (χ4v) is 0.899. The van der Waals surface area contributed by atoms with Crippen LogP contribution in [0.4, 0.5) is 13.2 Å². The first-order valence-corrected chi connectivity index (χ1v) is 4.33. The summed E-state index contributed by atoms with van der Waals surface area (Å²) in [6.07, 6.45) is -3.61. The second-order valence-electron chi connectivity index (χ2n) is 2.92. The third kappa shape index (κ3) is 9.63. The highest BCUT2D eigenvalue weighted by Crippen LogP contribution is 2.14. The van der Waals surface area contributed by atoms with Gasteiger partial charge in [0.05, 0.1) is 0 Å². The maximum Gasteiger partial charge on any atom is 0.411 e. The molecule has 0 fully saturated rings. The minimum absolute atomic E-state index is 0.147. The maximum absolute atomic E-state index is 11.6. The van der Waals surface area contributed by atoms with Gasteiger partial charge in [0.1, 0.15) is 6.61 Å². The van der Waals surface area contributed by atoms with Gasteiger partial charge in [0.25, 0.3) is 0 Å². The normalized spacial score (nSPS) is 14.5. The molecule has 0 aliphatic rings. The van der Waals surface area contributed by atoms with E-state index in [1.807, 2.05) is 13.8 Å². The van der Waals surface area contributed by atoms with Gasteiger partial charge in [-0.2, -0.15) is 13.2 Å². The van der Waals surface area contributed by atoms with Crippen LogP contribution in [0.2, 0.25) is 0 Å². The molecule has 0 spiro atoms. The molecule has 0 saturated carbocycles. The topological polar surface area (TPSA) is 21.3 Å². The van der Waals surface area contributed by atoms with Crippen LogP contribution in [0.5, 0.6) is 0 Å². The fraction of sp³-hybridized carbons (Fsp3) is 1.00. The van der Waals surface area contributed by atoms with Crippen molar-refractivity contribution >= 4 is 0 Å². The predicted molar refractivity (Wildman–Crippen MR) is 44.6 cm³/mol. The molecule has 5 heteroatoms. The van der Waals surface area contributed by atoms with Gasteiger partial charge in [-0.15, -0.1) is 0 Å². The Bertz CT molecular complexity index is 127. The van der Waals surface area contributed by atoms with E-state index in [9.17, 15) is 13.2 Å². The lowest BCUT2D eigenvalue weighted by Crippen LogP contribution is -2.27. The summed E-state index contributed by atoms with van der Waals surface area (Å²) in [4.78, 5) is 0. The van der Waals surface area contributed by atoms with Crippen LogP contribution in [0, 0.1) is 0 Å². The van der Waals surface area contributed by atoms with Crippen molar-refractivity contribution in [2.24, 2.45) is 0 Å². The maximum atomic E-state index is 11.6. The number of alkyl halides is 3. The van der Waals surface area contributed by atoms with Crippen LogP contribution in [0.1, 0.15) is 20.3 Å². The molecule has 0 amide bonds. The monoisotopic (exact) mass is 199 g/mol. The average Bonchev–Trinajstić information content (AvgIpc) is 1.97. The van der Waals surface area contributed by atoms with Gasteiger partial charge in [-0.1, -0.05) is 6.92 Å². The summed E-state index contributed by atoms with van der Waals surface area (Å²) in [5.74, 6) is 0. The standard InChI is InChI=1S/C8H16F3NO/c1-3-12-7(2)4-5-13-6-8(9,10)11/h7,12H,3-6H2,1-2H3. The first kappa shape index (κ1) is 12.7. The fourth-order valence-electron chi connectivity index (χ4n) is 0.899. The van der Waals surface area contributed by atoms with E-state index < -0.39 is 12.8 Å². The second kappa shape index (κ2) is 6.21. The van der Waals surface area contributed by atoms with Gasteiger partial charge in [-0.25, -0.2) is 0 Å². The van der Waals surface area contributed by atoms with Crippen LogP contribution in [-0.2, 0) is 4.74 Å². The Morgan fingerprint density at radius 1 is 1.38 bits per heavy atom. The predicted octanol–water partition coefficient (Wildman–Crippen LogP) is 1.95. The molecule has 0 aliphatic heterocycles. The molecule has 0 rings (SSSR count). The SMILES string of the molecule is CCNC(C)CCOCC(F)(F)F. The van der Waals surface area contributed by atoms with Crippen LogP contribution >= 0.6 is 0 Å². The summed E-state index contributed by atoms with van der Waals surface area (Å²) in [5.41, 5.74) is 0. The molecule has 80 valence electrons. The van der Waals surface area contributed by atoms with E-state index in [0.29, 0.717) is 6.42 Å². The summed E-state index contributed by atoms with van der Waals surface area (Å²) >= 11 is 0. The summed E-state index contributed by atoms with van der Waals surface area (Å²) in [7, 11) is 0. The third-order valence-electron chi connectivity index (χ3n) is 1.51. The Kier molecular flexibility index (Phi) is 6.07. The molecule has 1 unspecified atom stereocenters. The molecule has 2 nitrogen and oxygen atoms in total. The lowest BCUT2D eigenvalue weighted by Gasteiger charge is -2.12. The van der Waals surface area contributed by atoms with Crippen molar-refractivity contribution in [1.29, 1.82) is 0 Å². The molecule has 0 aromatic carbocycles. The summed E-state index contributed by atoms with van der Waals surface area (Å²) in [6.45, 7) is 3.69. The minimum Gasteiger partial charge on any atom is -0.372 e. The van der Waals surface area contributed by atoms with Crippen LogP contribution in [0.15, 0.2) is 0 Å². The molecule has 0 bridgehead atoms. The molecular weight excluding hydrogens is 183 g/mol. The van der Waals surface area contributed by atoms with Crippen molar-refractivity contribution in [2.45, 2.75) is 32.5 Å². The highest BCUT2D eigenvalue weighted by atomic mass is 19.4. The Morgan fingerprint density at radius 2 is 2.00 bits per heavy atom. The van der Waals surface area contributed by atoms with Gasteiger partial charge < -0.3 is 10.1 Å². The summed E-state index contributed by atoms with van der Waals surface area (Å²) in [6, 6.07) is 0.207. The Hall–Kier alpha value is -0.290. The largest absolute Gasteiger partial charge is 0.411 e. The highest BCUT2D eigenvalue weighted by molar-refractivity contribution is 4.58. The molecule has 1 N–H and O–H groups in total. The minimum atomic E-state index is -4.21. The van der Waals surface area contributed by atoms with Crippen molar-refractivity contribution in [2.75, 3.05) is 19.8 Å². The summed E-state index contributed by atoms with van der Waals surface area (Å²) in [5, 5.41) is 3.08. The third-order valence-corrected chi connectivity index (χ3v) is 1.51. The number of rotatable bonds is 6. The number of hydrogen-bond acceptors (Lipinski definition) is 2. The van der Waals surface area contributed by atoms with Gasteiger partial charge >= 0.3 is 6.18 Å². The van der Waals surface area contributed by atoms with Crippen LogP contribution in [-0.4, -0.2) is 32.0 Å². The molecule has 0 aromatic heterocycles. The van der Waals surface area contributed by atoms with Crippen molar-refractivity contribution in [3.8, 4) is 0 Å². The van der Waals surface area contributed by atoms with Crippen molar-refractivity contribution in [3.63, 3.8) is 0 Å². The van der Waals surface area contributed by atoms with Crippen molar-refractivity contribution in [3.05, 3.63) is 0 Å². The van der Waals surface area contributed by atoms with E-state index in [4.69, 9.17) is 0 Å². The van der Waals surface area contributed by atoms with E-state index in [1.54, 1.807) is 0 Å². The average molecular weight is 199 g/mol. The number of ether oxygens (including phenoxy) is 1. The van der Waals surface area contributed by atoms with Gasteiger partial charge in [0.2, 0.25) is 0 Å². The summed E-state index contributed by atoms with van der Waals surface area (Å²) < 4.78 is 39.2. The van der Waals surface area contributed by atoms with Crippen molar-refractivity contribution in [1.82, 2.24) is 5.32 Å². The quantitative estimate of drug-likeness (QED) is 0.660. The van der Waals surface area contributed by atoms with E-state index in [-0.39, 0.29) is 12.6 Å². The van der Waals surface area contributed by atoms with E-state index in [0.717, 1.165) is 6.54 Å². The molecular formula is C8H16F3NO. The number of hydrogen-bond donors (Lipinski definition) is 1. The first-order valence-electron chi connectivity index (χ1n) is 4.33. The van der Waals surface area contributed by atoms with Gasteiger partial charge in [0, 0.05) is 12.6 Å². The van der Waals surface area contributed by atoms with E-state index >= 15 is 0 Å². The zero-order valence-electron chi connectivity index (χ0n) is 7.95. The second-order valence-corrected chi connectivity index (χ2v) is 2.92. The van der Waals surface area contributed by atoms with Crippen LogP contribution in [0.3, 0.4) is 0 Å². The number of halogens is 3. The number of nitrogens with one attached hydrogen (secondary N) is 1. The molecule has 1 atom stereocenters. The van der Waals surface area contributed by atoms with E-state index in [2.05, 4.69) is 10.1 Å². The zero-order chi connectivity index (χ0) is 10.3. The van der Waals surface area contributed by atoms with Gasteiger partial charge in [-0.05, 0) is 19.9 Å². The molecule has 0 aliphatic carbocycles. The highest BCUT2D eigenvalue weighted by Gasteiger charge is 2.27. The van der Waals surface area contributed by atoms with E-state index in [1.165, 1.54) is 0 Å². The Balaban J connectivity index is 3.25. The Morgan fingerprint density at radius 3 is 2.46 bits per heavy atom. The smallest absolute Gasteiger partial charge is 0.372 e. The molecule has 0 aromatic rings. The molecule has 13 heavy (non-hydrogen) atoms. The molecule has 0 heterocycles. The Labute approximate surface area is 76.5 Å². The molecule has 0 saturated heterocycles. The molecule has 0 radical (unpaired) electrons. The zero-order valence-corrected chi connectivity index (χ0v) is 7.95. The van der Waals surface area contributed by atoms with Crippen LogP contribution < -0.4 is 5.32 Å². The first-order chi connectivity index (χ1) is 5.95.